The minimum absolute atomic E-state index is 0.564. The van der Waals surface area contributed by atoms with Crippen LogP contribution in [0.1, 0.15) is 9.67 Å². The highest BCUT2D eigenvalue weighted by Gasteiger charge is 2.06. The van der Waals surface area contributed by atoms with Crippen LogP contribution in [0.2, 0.25) is 0 Å². The molecule has 13 heavy (non-hydrogen) atoms. The van der Waals surface area contributed by atoms with Crippen LogP contribution in [0.5, 0.6) is 0 Å². The van der Waals surface area contributed by atoms with E-state index in [2.05, 4.69) is 10.3 Å². The van der Waals surface area contributed by atoms with Crippen LogP contribution >= 0.6 is 22.7 Å². The molecule has 0 fully saturated rings. The van der Waals surface area contributed by atoms with Crippen molar-refractivity contribution in [3.8, 4) is 0 Å². The van der Waals surface area contributed by atoms with E-state index in [9.17, 15) is 9.59 Å². The predicted octanol–water partition coefficient (Wildman–Crippen LogP) is 1.74. The van der Waals surface area contributed by atoms with Gasteiger partial charge >= 0.3 is 0 Å². The lowest BCUT2D eigenvalue weighted by Gasteiger charge is -1.84. The van der Waals surface area contributed by atoms with E-state index in [1.165, 1.54) is 22.7 Å². The second kappa shape index (κ2) is 3.23. The molecule has 1 amide bonds. The van der Waals surface area contributed by atoms with Crippen molar-refractivity contribution in [2.24, 2.45) is 0 Å². The van der Waals surface area contributed by atoms with Crippen molar-refractivity contribution in [1.29, 1.82) is 0 Å². The van der Waals surface area contributed by atoms with Crippen LogP contribution in [-0.4, -0.2) is 17.7 Å². The van der Waals surface area contributed by atoms with Gasteiger partial charge in [-0.25, -0.2) is 4.98 Å². The van der Waals surface area contributed by atoms with Gasteiger partial charge in [-0.05, 0) is 6.07 Å². The number of rotatable bonds is 3. The van der Waals surface area contributed by atoms with Crippen molar-refractivity contribution in [2.45, 2.75) is 0 Å². The van der Waals surface area contributed by atoms with E-state index < -0.39 is 0 Å². The molecule has 2 rings (SSSR count). The molecule has 0 aliphatic heterocycles. The number of carbonyl (C=O) groups is 2. The van der Waals surface area contributed by atoms with E-state index >= 15 is 0 Å². The van der Waals surface area contributed by atoms with Crippen LogP contribution in [0.25, 0.3) is 9.53 Å². The molecule has 0 aromatic carbocycles. The number of nitrogens with one attached hydrogen (secondary N) is 1. The van der Waals surface area contributed by atoms with Gasteiger partial charge < -0.3 is 5.32 Å². The van der Waals surface area contributed by atoms with Crippen molar-refractivity contribution in [3.63, 3.8) is 0 Å². The Kier molecular flexibility index (Phi) is 2.07. The van der Waals surface area contributed by atoms with Crippen molar-refractivity contribution < 1.29 is 9.59 Å². The summed E-state index contributed by atoms with van der Waals surface area (Å²) in [4.78, 5) is 26.1. The number of amides is 1. The largest absolute Gasteiger partial charge is 0.305 e. The number of hydrogen-bond donors (Lipinski definition) is 1. The second-order valence-electron chi connectivity index (χ2n) is 2.22. The van der Waals surface area contributed by atoms with E-state index in [-0.39, 0.29) is 0 Å². The molecule has 0 atom stereocenters. The molecule has 2 aromatic rings. The lowest BCUT2D eigenvalue weighted by Crippen LogP contribution is -1.91. The first-order chi connectivity index (χ1) is 6.33. The fourth-order valence-corrected chi connectivity index (χ4v) is 2.82. The zero-order valence-corrected chi connectivity index (χ0v) is 7.95. The van der Waals surface area contributed by atoms with Crippen molar-refractivity contribution in [3.05, 3.63) is 10.9 Å². The Balaban J connectivity index is 2.47. The number of anilines is 1. The third-order valence-electron chi connectivity index (χ3n) is 1.41. The van der Waals surface area contributed by atoms with Crippen LogP contribution in [0.15, 0.2) is 6.07 Å². The van der Waals surface area contributed by atoms with E-state index in [4.69, 9.17) is 0 Å². The maximum absolute atomic E-state index is 10.4. The predicted molar refractivity (Wildman–Crippen MR) is 52.6 cm³/mol. The molecule has 0 bridgehead atoms. The number of carbonyl (C=O) groups excluding carboxylic acids is 2. The molecule has 0 saturated carbocycles. The fraction of sp³-hybridized carbons (Fsp3) is 0. The summed E-state index contributed by atoms with van der Waals surface area (Å²) >= 11 is 2.68. The summed E-state index contributed by atoms with van der Waals surface area (Å²) in [7, 11) is 0. The number of aromatic nitrogens is 1. The summed E-state index contributed by atoms with van der Waals surface area (Å²) < 4.78 is 0.927. The van der Waals surface area contributed by atoms with Crippen LogP contribution in [0, 0.1) is 0 Å². The molecule has 1 N–H and O–H groups in total. The molecule has 6 heteroatoms. The molecule has 2 aromatic heterocycles. The fourth-order valence-electron chi connectivity index (χ4n) is 0.923. The molecule has 2 heterocycles. The van der Waals surface area contributed by atoms with Gasteiger partial charge in [0.2, 0.25) is 6.41 Å². The van der Waals surface area contributed by atoms with Crippen molar-refractivity contribution in [1.82, 2.24) is 4.98 Å². The van der Waals surface area contributed by atoms with Crippen LogP contribution in [-0.2, 0) is 4.79 Å². The number of thiazole rings is 1. The van der Waals surface area contributed by atoms with E-state index in [0.29, 0.717) is 16.4 Å². The van der Waals surface area contributed by atoms with Gasteiger partial charge in [0, 0.05) is 0 Å². The molecule has 0 aliphatic carbocycles. The lowest BCUT2D eigenvalue weighted by atomic mass is 10.5. The number of fused-ring (bicyclic) bond motifs is 1. The lowest BCUT2D eigenvalue weighted by molar-refractivity contribution is -0.105. The Bertz CT molecular complexity index is 428. The highest BCUT2D eigenvalue weighted by molar-refractivity contribution is 7.29. The zero-order chi connectivity index (χ0) is 9.26. The topological polar surface area (TPSA) is 59.1 Å². The minimum Gasteiger partial charge on any atom is -0.305 e. The molecule has 0 saturated heterocycles. The molecular formula is C7H4N2O2S2. The van der Waals surface area contributed by atoms with E-state index in [0.717, 1.165) is 15.8 Å². The summed E-state index contributed by atoms with van der Waals surface area (Å²) in [5.41, 5.74) is 0. The van der Waals surface area contributed by atoms with Gasteiger partial charge in [-0.2, -0.15) is 0 Å². The van der Waals surface area contributed by atoms with Gasteiger partial charge in [-0.15, -0.1) is 11.3 Å². The molecule has 0 spiro atoms. The maximum atomic E-state index is 10.4. The Morgan fingerprint density at radius 2 is 2.23 bits per heavy atom. The van der Waals surface area contributed by atoms with E-state index in [1.807, 2.05) is 0 Å². The standard InChI is InChI=1S/C7H4N2O2S2/c10-2-4-1-5-6(12-4)9-7(13-5)8-3-11/h1-3H,(H,8,9,11). The summed E-state index contributed by atoms with van der Waals surface area (Å²) in [6, 6.07) is 1.76. The van der Waals surface area contributed by atoms with E-state index in [1.54, 1.807) is 6.07 Å². The monoisotopic (exact) mass is 212 g/mol. The average Bonchev–Trinajstić information content (AvgIpc) is 2.61. The molecule has 66 valence electrons. The number of thiophene rings is 1. The van der Waals surface area contributed by atoms with Crippen LogP contribution < -0.4 is 5.32 Å². The number of aldehydes is 1. The highest BCUT2D eigenvalue weighted by Crippen LogP contribution is 2.31. The number of hydrogen-bond acceptors (Lipinski definition) is 5. The highest BCUT2D eigenvalue weighted by atomic mass is 32.1. The van der Waals surface area contributed by atoms with Gasteiger partial charge in [0.05, 0.1) is 9.58 Å². The summed E-state index contributed by atoms with van der Waals surface area (Å²) in [5.74, 6) is 0. The smallest absolute Gasteiger partial charge is 0.213 e. The third kappa shape index (κ3) is 1.45. The van der Waals surface area contributed by atoms with Gasteiger partial charge in [-0.3, -0.25) is 9.59 Å². The first kappa shape index (κ1) is 8.33. The van der Waals surface area contributed by atoms with Crippen molar-refractivity contribution in [2.75, 3.05) is 5.32 Å². The minimum atomic E-state index is 0.564. The third-order valence-corrected chi connectivity index (χ3v) is 3.42. The Labute approximate surface area is 81.2 Å². The molecular weight excluding hydrogens is 208 g/mol. The zero-order valence-electron chi connectivity index (χ0n) is 6.31. The number of nitrogens with zero attached hydrogens (tertiary/aromatic N) is 1. The Morgan fingerprint density at radius 3 is 2.85 bits per heavy atom. The van der Waals surface area contributed by atoms with Crippen LogP contribution in [0.4, 0.5) is 5.13 Å². The Hall–Kier alpha value is -1.27. The van der Waals surface area contributed by atoms with Gasteiger partial charge in [0.15, 0.2) is 11.4 Å². The van der Waals surface area contributed by atoms with Crippen LogP contribution in [0.3, 0.4) is 0 Å². The SMILES string of the molecule is O=CNc1nc2sc(C=O)cc2s1. The first-order valence-corrected chi connectivity index (χ1v) is 5.02. The Morgan fingerprint density at radius 1 is 1.38 bits per heavy atom. The average molecular weight is 212 g/mol. The first-order valence-electron chi connectivity index (χ1n) is 3.39. The summed E-state index contributed by atoms with van der Waals surface area (Å²) in [5, 5.41) is 3.03. The quantitative estimate of drug-likeness (QED) is 0.788. The molecule has 4 nitrogen and oxygen atoms in total. The normalized spacial score (nSPS) is 10.2. The second-order valence-corrected chi connectivity index (χ2v) is 4.31. The molecule has 0 aliphatic rings. The maximum Gasteiger partial charge on any atom is 0.213 e. The van der Waals surface area contributed by atoms with Gasteiger partial charge in [0.25, 0.3) is 0 Å². The molecule has 0 radical (unpaired) electrons. The summed E-state index contributed by atoms with van der Waals surface area (Å²) in [6.07, 6.45) is 1.38. The van der Waals surface area contributed by atoms with Gasteiger partial charge in [-0.1, -0.05) is 11.3 Å². The molecule has 0 unspecified atom stereocenters. The van der Waals surface area contributed by atoms with Gasteiger partial charge in [0.1, 0.15) is 4.83 Å². The summed E-state index contributed by atoms with van der Waals surface area (Å²) in [6.45, 7) is 0. The van der Waals surface area contributed by atoms with Crippen molar-refractivity contribution >= 4 is 50.0 Å².